The number of nitrogens with one attached hydrogen (secondary N) is 1. The molecule has 0 aliphatic carbocycles. The fraction of sp³-hybridized carbons (Fsp3) is 0.188. The molecule has 6 nitrogen and oxygen atoms in total. The van der Waals surface area contributed by atoms with Gasteiger partial charge >= 0.3 is 0 Å². The summed E-state index contributed by atoms with van der Waals surface area (Å²) < 4.78 is 42.1. The summed E-state index contributed by atoms with van der Waals surface area (Å²) in [5.74, 6) is -1.50. The minimum atomic E-state index is -4.21. The fourth-order valence-corrected chi connectivity index (χ4v) is 6.00. The predicted octanol–water partition coefficient (Wildman–Crippen LogP) is 6.91. The molecule has 0 bridgehead atoms. The van der Waals surface area contributed by atoms with E-state index in [0.717, 1.165) is 20.8 Å². The van der Waals surface area contributed by atoms with Crippen LogP contribution in [0.15, 0.2) is 107 Å². The summed E-state index contributed by atoms with van der Waals surface area (Å²) in [4.78, 5) is 27.1. The Morgan fingerprint density at radius 2 is 1.51 bits per heavy atom. The molecule has 0 spiro atoms. The smallest absolute Gasteiger partial charge is 0.264 e. The normalized spacial score (nSPS) is 11.6. The summed E-state index contributed by atoms with van der Waals surface area (Å²) in [6, 6.07) is 25.2. The molecule has 1 N–H and O–H groups in total. The molecule has 4 aromatic rings. The number of hydrogen-bond donors (Lipinski definition) is 1. The van der Waals surface area contributed by atoms with Crippen molar-refractivity contribution in [3.63, 3.8) is 0 Å². The maximum Gasteiger partial charge on any atom is 0.264 e. The summed E-state index contributed by atoms with van der Waals surface area (Å²) in [5, 5.41) is 2.68. The number of benzene rings is 4. The number of thioether (sulfide) groups is 1. The Morgan fingerprint density at radius 1 is 0.854 bits per heavy atom. The number of anilines is 2. The predicted molar refractivity (Wildman–Crippen MR) is 163 cm³/mol. The molecule has 0 radical (unpaired) electrons. The second kappa shape index (κ2) is 12.3. The van der Waals surface area contributed by atoms with Crippen molar-refractivity contribution in [3.8, 4) is 0 Å². The Morgan fingerprint density at radius 3 is 2.12 bits per heavy atom. The van der Waals surface area contributed by atoms with Gasteiger partial charge in [0, 0.05) is 21.7 Å². The van der Waals surface area contributed by atoms with Gasteiger partial charge in [-0.3, -0.25) is 13.9 Å². The highest BCUT2D eigenvalue weighted by atomic mass is 32.2. The molecule has 0 saturated carbocycles. The van der Waals surface area contributed by atoms with Gasteiger partial charge in [-0.2, -0.15) is 0 Å². The average Bonchev–Trinajstić information content (AvgIpc) is 2.95. The standard InChI is InChI=1S/C32H31FN2O4S2/c1-32(2,3)24-13-11-22(12-14-24)31(37)23-7-5-9-26(19-23)34-30(36)21-35(27-10-6-8-25(33)20-27)41(38,39)29-17-15-28(40-4)16-18-29/h5-20H,21H2,1-4H3,(H,34,36). The molecule has 0 heterocycles. The van der Waals surface area contributed by atoms with Gasteiger partial charge in [-0.25, -0.2) is 12.8 Å². The van der Waals surface area contributed by atoms with Crippen LogP contribution in [0.25, 0.3) is 0 Å². The van der Waals surface area contributed by atoms with Crippen LogP contribution in [-0.2, 0) is 20.2 Å². The zero-order chi connectivity index (χ0) is 29.8. The van der Waals surface area contributed by atoms with Crippen molar-refractivity contribution in [1.29, 1.82) is 0 Å². The maximum atomic E-state index is 14.1. The monoisotopic (exact) mass is 590 g/mol. The van der Waals surface area contributed by atoms with Gasteiger partial charge in [0.05, 0.1) is 10.6 Å². The van der Waals surface area contributed by atoms with Gasteiger partial charge in [0.25, 0.3) is 10.0 Å². The third-order valence-corrected chi connectivity index (χ3v) is 8.98. The Bertz CT molecular complexity index is 1660. The first-order chi connectivity index (χ1) is 19.4. The van der Waals surface area contributed by atoms with Crippen LogP contribution in [0.5, 0.6) is 0 Å². The SMILES string of the molecule is CSc1ccc(S(=O)(=O)N(CC(=O)Nc2cccc(C(=O)c3ccc(C(C)(C)C)cc3)c2)c2cccc(F)c2)cc1. The third kappa shape index (κ3) is 7.23. The molecule has 1 amide bonds. The minimum Gasteiger partial charge on any atom is -0.324 e. The van der Waals surface area contributed by atoms with Crippen LogP contribution in [0.3, 0.4) is 0 Å². The highest BCUT2D eigenvalue weighted by Crippen LogP contribution is 2.27. The molecule has 0 saturated heterocycles. The zero-order valence-corrected chi connectivity index (χ0v) is 24.9. The topological polar surface area (TPSA) is 83.6 Å². The Kier molecular flexibility index (Phi) is 8.99. The van der Waals surface area contributed by atoms with Gasteiger partial charge in [0.2, 0.25) is 5.91 Å². The molecule has 0 unspecified atom stereocenters. The first-order valence-electron chi connectivity index (χ1n) is 12.9. The largest absolute Gasteiger partial charge is 0.324 e. The van der Waals surface area contributed by atoms with E-state index in [1.54, 1.807) is 48.5 Å². The first-order valence-corrected chi connectivity index (χ1v) is 15.5. The number of nitrogens with zero attached hydrogens (tertiary/aromatic N) is 1. The van der Waals surface area contributed by atoms with Crippen LogP contribution in [0, 0.1) is 5.82 Å². The van der Waals surface area contributed by atoms with Gasteiger partial charge in [0.1, 0.15) is 12.4 Å². The van der Waals surface area contributed by atoms with E-state index in [1.165, 1.54) is 42.1 Å². The molecular formula is C32H31FN2O4S2. The Hall–Kier alpha value is -3.95. The van der Waals surface area contributed by atoms with Gasteiger partial charge in [-0.1, -0.05) is 63.2 Å². The summed E-state index contributed by atoms with van der Waals surface area (Å²) in [5.41, 5.74) is 2.28. The number of amides is 1. The van der Waals surface area contributed by atoms with Crippen LogP contribution < -0.4 is 9.62 Å². The van der Waals surface area contributed by atoms with Crippen LogP contribution in [0.2, 0.25) is 0 Å². The lowest BCUT2D eigenvalue weighted by Crippen LogP contribution is -2.38. The lowest BCUT2D eigenvalue weighted by atomic mass is 9.86. The van der Waals surface area contributed by atoms with Crippen molar-refractivity contribution in [3.05, 3.63) is 120 Å². The third-order valence-electron chi connectivity index (χ3n) is 6.45. The summed E-state index contributed by atoms with van der Waals surface area (Å²) in [6.45, 7) is 5.68. The number of carbonyl (C=O) groups excluding carboxylic acids is 2. The van der Waals surface area contributed by atoms with Gasteiger partial charge < -0.3 is 5.32 Å². The van der Waals surface area contributed by atoms with Crippen LogP contribution in [0.4, 0.5) is 15.8 Å². The summed E-state index contributed by atoms with van der Waals surface area (Å²) in [7, 11) is -4.21. The molecule has 41 heavy (non-hydrogen) atoms. The number of halogens is 1. The first kappa shape index (κ1) is 30.0. The second-order valence-electron chi connectivity index (χ2n) is 10.5. The highest BCUT2D eigenvalue weighted by Gasteiger charge is 2.28. The van der Waals surface area contributed by atoms with Gasteiger partial charge in [-0.05, 0) is 71.8 Å². The lowest BCUT2D eigenvalue weighted by molar-refractivity contribution is -0.114. The fourth-order valence-electron chi connectivity index (χ4n) is 4.18. The number of rotatable bonds is 9. The van der Waals surface area contributed by atoms with Crippen molar-refractivity contribution in [2.75, 3.05) is 22.4 Å². The van der Waals surface area contributed by atoms with Crippen LogP contribution in [-0.4, -0.2) is 32.9 Å². The van der Waals surface area contributed by atoms with Crippen molar-refractivity contribution in [2.24, 2.45) is 0 Å². The summed E-state index contributed by atoms with van der Waals surface area (Å²) >= 11 is 1.46. The molecule has 4 rings (SSSR count). The van der Waals surface area contributed by atoms with Crippen molar-refractivity contribution < 1.29 is 22.4 Å². The summed E-state index contributed by atoms with van der Waals surface area (Å²) in [6.07, 6.45) is 1.87. The number of ketones is 1. The zero-order valence-electron chi connectivity index (χ0n) is 23.2. The number of hydrogen-bond acceptors (Lipinski definition) is 5. The maximum absolute atomic E-state index is 14.1. The van der Waals surface area contributed by atoms with E-state index in [1.807, 2.05) is 18.4 Å². The van der Waals surface area contributed by atoms with Crippen LogP contribution in [0.1, 0.15) is 42.3 Å². The molecule has 0 aliphatic rings. The van der Waals surface area contributed by atoms with E-state index >= 15 is 0 Å². The van der Waals surface area contributed by atoms with E-state index in [-0.39, 0.29) is 21.8 Å². The second-order valence-corrected chi connectivity index (χ2v) is 13.2. The Balaban J connectivity index is 1.57. The molecule has 0 atom stereocenters. The molecule has 0 aromatic heterocycles. The van der Waals surface area contributed by atoms with Crippen molar-refractivity contribution >= 4 is 44.9 Å². The van der Waals surface area contributed by atoms with Crippen molar-refractivity contribution in [1.82, 2.24) is 0 Å². The highest BCUT2D eigenvalue weighted by molar-refractivity contribution is 7.98. The average molecular weight is 591 g/mol. The number of carbonyl (C=O) groups is 2. The molecule has 9 heteroatoms. The van der Waals surface area contributed by atoms with Gasteiger partial charge in [-0.15, -0.1) is 11.8 Å². The van der Waals surface area contributed by atoms with E-state index in [2.05, 4.69) is 26.1 Å². The molecule has 4 aromatic carbocycles. The van der Waals surface area contributed by atoms with E-state index in [4.69, 9.17) is 0 Å². The lowest BCUT2D eigenvalue weighted by Gasteiger charge is -2.24. The van der Waals surface area contributed by atoms with Crippen LogP contribution >= 0.6 is 11.8 Å². The van der Waals surface area contributed by atoms with E-state index < -0.39 is 28.3 Å². The van der Waals surface area contributed by atoms with Crippen molar-refractivity contribution in [2.45, 2.75) is 36.0 Å². The Labute approximate surface area is 244 Å². The molecule has 212 valence electrons. The molecular weight excluding hydrogens is 559 g/mol. The van der Waals surface area contributed by atoms with Gasteiger partial charge in [0.15, 0.2) is 5.78 Å². The molecule has 0 fully saturated rings. The quantitative estimate of drug-likeness (QED) is 0.169. The number of sulfonamides is 1. The van der Waals surface area contributed by atoms with E-state index in [9.17, 15) is 22.4 Å². The van der Waals surface area contributed by atoms with E-state index in [0.29, 0.717) is 16.8 Å². The minimum absolute atomic E-state index is 0.0109. The molecule has 0 aliphatic heterocycles.